The van der Waals surface area contributed by atoms with E-state index >= 15 is 0 Å². The monoisotopic (exact) mass is 323 g/mol. The smallest absolute Gasteiger partial charge is 0.328 e. The van der Waals surface area contributed by atoms with Gasteiger partial charge in [-0.2, -0.15) is 0 Å². The molecule has 1 amide bonds. The lowest BCUT2D eigenvalue weighted by Crippen LogP contribution is -2.46. The van der Waals surface area contributed by atoms with Gasteiger partial charge < -0.3 is 10.1 Å². The van der Waals surface area contributed by atoms with Crippen molar-refractivity contribution >= 4 is 28.2 Å². The summed E-state index contributed by atoms with van der Waals surface area (Å²) in [5.41, 5.74) is 0.155. The molecule has 8 heteroatoms. The molecule has 0 spiro atoms. The van der Waals surface area contributed by atoms with Crippen LogP contribution in [0.2, 0.25) is 0 Å². The number of amides is 1. The second kappa shape index (κ2) is 6.27. The summed E-state index contributed by atoms with van der Waals surface area (Å²) >= 11 is 1.32. The Morgan fingerprint density at radius 1 is 1.41 bits per heavy atom. The summed E-state index contributed by atoms with van der Waals surface area (Å²) in [6, 6.07) is -0.818. The van der Waals surface area contributed by atoms with Gasteiger partial charge in [-0.3, -0.25) is 14.0 Å². The summed E-state index contributed by atoms with van der Waals surface area (Å²) in [5.74, 6) is -1.36. The van der Waals surface area contributed by atoms with Crippen molar-refractivity contribution in [3.05, 3.63) is 33.2 Å². The van der Waals surface area contributed by atoms with Crippen LogP contribution >= 0.6 is 11.3 Å². The number of thiazole rings is 1. The van der Waals surface area contributed by atoms with Crippen molar-refractivity contribution in [1.82, 2.24) is 14.7 Å². The van der Waals surface area contributed by atoms with E-state index in [9.17, 15) is 14.4 Å². The van der Waals surface area contributed by atoms with Gasteiger partial charge >= 0.3 is 5.97 Å². The van der Waals surface area contributed by atoms with Gasteiger partial charge in [-0.15, -0.1) is 11.3 Å². The first kappa shape index (κ1) is 16.2. The molecule has 0 aliphatic carbocycles. The zero-order valence-corrected chi connectivity index (χ0v) is 13.6. The van der Waals surface area contributed by atoms with Gasteiger partial charge in [-0.05, 0) is 12.8 Å². The number of carbonyl (C=O) groups excluding carboxylic acids is 2. The Morgan fingerprint density at radius 3 is 2.68 bits per heavy atom. The molecule has 0 aliphatic rings. The fourth-order valence-corrected chi connectivity index (χ4v) is 2.85. The normalized spacial score (nSPS) is 12.4. The SMILES string of the molecule is COC(=O)C(NC(=O)c1cnc2scc(C)n2c1=O)C(C)C. The van der Waals surface area contributed by atoms with Crippen LogP contribution in [0.15, 0.2) is 16.4 Å². The van der Waals surface area contributed by atoms with Crippen molar-refractivity contribution in [2.75, 3.05) is 7.11 Å². The summed E-state index contributed by atoms with van der Waals surface area (Å²) < 4.78 is 6.04. The standard InChI is InChI=1S/C14H17N3O4S/c1-7(2)10(13(20)21-4)16-11(18)9-5-15-14-17(12(9)19)8(3)6-22-14/h5-7,10H,1-4H3,(H,16,18). The summed E-state index contributed by atoms with van der Waals surface area (Å²) in [6.07, 6.45) is 1.23. The van der Waals surface area contributed by atoms with E-state index < -0.39 is 23.5 Å². The predicted octanol–water partition coefficient (Wildman–Crippen LogP) is 0.992. The van der Waals surface area contributed by atoms with E-state index in [1.165, 1.54) is 29.0 Å². The minimum absolute atomic E-state index is 0.103. The Kier molecular flexibility index (Phi) is 4.60. The topological polar surface area (TPSA) is 89.8 Å². The molecule has 1 atom stereocenters. The number of hydrogen-bond donors (Lipinski definition) is 1. The van der Waals surface area contributed by atoms with Gasteiger partial charge in [-0.1, -0.05) is 13.8 Å². The number of hydrogen-bond acceptors (Lipinski definition) is 6. The van der Waals surface area contributed by atoms with Crippen molar-refractivity contribution in [3.63, 3.8) is 0 Å². The van der Waals surface area contributed by atoms with E-state index in [-0.39, 0.29) is 11.5 Å². The zero-order chi connectivity index (χ0) is 16.4. The van der Waals surface area contributed by atoms with Gasteiger partial charge in [0.05, 0.1) is 7.11 Å². The number of ether oxygens (including phenoxy) is 1. The van der Waals surface area contributed by atoms with Crippen LogP contribution in [-0.4, -0.2) is 34.4 Å². The maximum absolute atomic E-state index is 12.4. The number of nitrogens with zero attached hydrogens (tertiary/aromatic N) is 2. The van der Waals surface area contributed by atoms with Crippen LogP contribution in [0.5, 0.6) is 0 Å². The summed E-state index contributed by atoms with van der Waals surface area (Å²) in [6.45, 7) is 5.32. The van der Waals surface area contributed by atoms with E-state index in [4.69, 9.17) is 0 Å². The lowest BCUT2D eigenvalue weighted by Gasteiger charge is -2.19. The van der Waals surface area contributed by atoms with E-state index in [0.29, 0.717) is 10.7 Å². The molecule has 22 heavy (non-hydrogen) atoms. The highest BCUT2D eigenvalue weighted by Gasteiger charge is 2.26. The molecule has 0 aromatic carbocycles. The summed E-state index contributed by atoms with van der Waals surface area (Å²) in [4.78, 5) is 41.0. The molecule has 0 fully saturated rings. The molecule has 0 aliphatic heterocycles. The van der Waals surface area contributed by atoms with Gasteiger partial charge in [0.2, 0.25) is 0 Å². The second-order valence-electron chi connectivity index (χ2n) is 5.19. The van der Waals surface area contributed by atoms with Crippen LogP contribution in [0.4, 0.5) is 0 Å². The number of nitrogens with one attached hydrogen (secondary N) is 1. The second-order valence-corrected chi connectivity index (χ2v) is 6.03. The number of esters is 1. The number of aryl methyl sites for hydroxylation is 1. The third-order valence-corrected chi connectivity index (χ3v) is 4.23. The number of aromatic nitrogens is 2. The van der Waals surface area contributed by atoms with E-state index in [1.807, 2.05) is 0 Å². The Morgan fingerprint density at radius 2 is 2.09 bits per heavy atom. The molecule has 0 bridgehead atoms. The highest BCUT2D eigenvalue weighted by molar-refractivity contribution is 7.15. The number of fused-ring (bicyclic) bond motifs is 1. The van der Waals surface area contributed by atoms with E-state index in [2.05, 4.69) is 15.0 Å². The molecule has 0 saturated carbocycles. The molecule has 2 rings (SSSR count). The van der Waals surface area contributed by atoms with Crippen molar-refractivity contribution < 1.29 is 14.3 Å². The molecule has 2 heterocycles. The Bertz CT molecular complexity index is 778. The van der Waals surface area contributed by atoms with Crippen molar-refractivity contribution in [2.45, 2.75) is 26.8 Å². The first-order chi connectivity index (χ1) is 10.4. The lowest BCUT2D eigenvalue weighted by atomic mass is 10.0. The van der Waals surface area contributed by atoms with Crippen LogP contribution in [0.1, 0.15) is 29.9 Å². The molecule has 0 radical (unpaired) electrons. The average Bonchev–Trinajstić information content (AvgIpc) is 2.86. The van der Waals surface area contributed by atoms with Crippen molar-refractivity contribution in [3.8, 4) is 0 Å². The molecule has 2 aromatic heterocycles. The first-order valence-corrected chi connectivity index (χ1v) is 7.59. The van der Waals surface area contributed by atoms with Gasteiger partial charge in [0.1, 0.15) is 11.6 Å². The maximum Gasteiger partial charge on any atom is 0.328 e. The quantitative estimate of drug-likeness (QED) is 0.848. The highest BCUT2D eigenvalue weighted by Crippen LogP contribution is 2.11. The maximum atomic E-state index is 12.4. The molecule has 118 valence electrons. The lowest BCUT2D eigenvalue weighted by molar-refractivity contribution is -0.144. The van der Waals surface area contributed by atoms with Crippen LogP contribution in [0.25, 0.3) is 4.96 Å². The van der Waals surface area contributed by atoms with E-state index in [0.717, 1.165) is 0 Å². The summed E-state index contributed by atoms with van der Waals surface area (Å²) in [7, 11) is 1.25. The highest BCUT2D eigenvalue weighted by atomic mass is 32.1. The minimum atomic E-state index is -0.818. The van der Waals surface area contributed by atoms with Crippen LogP contribution in [0, 0.1) is 12.8 Å². The Hall–Kier alpha value is -2.22. The largest absolute Gasteiger partial charge is 0.467 e. The molecular weight excluding hydrogens is 306 g/mol. The van der Waals surface area contributed by atoms with Gasteiger partial charge in [0, 0.05) is 17.3 Å². The molecule has 0 saturated heterocycles. The van der Waals surface area contributed by atoms with Crippen LogP contribution in [0.3, 0.4) is 0 Å². The van der Waals surface area contributed by atoms with Crippen LogP contribution in [-0.2, 0) is 9.53 Å². The zero-order valence-electron chi connectivity index (χ0n) is 12.7. The minimum Gasteiger partial charge on any atom is -0.467 e. The van der Waals surface area contributed by atoms with E-state index in [1.54, 1.807) is 26.2 Å². The molecular formula is C14H17N3O4S. The molecule has 1 N–H and O–H groups in total. The molecule has 7 nitrogen and oxygen atoms in total. The average molecular weight is 323 g/mol. The third kappa shape index (κ3) is 2.87. The van der Waals surface area contributed by atoms with Gasteiger partial charge in [0.25, 0.3) is 11.5 Å². The third-order valence-electron chi connectivity index (χ3n) is 3.27. The van der Waals surface area contributed by atoms with Crippen LogP contribution < -0.4 is 10.9 Å². The molecule has 1 unspecified atom stereocenters. The van der Waals surface area contributed by atoms with Crippen molar-refractivity contribution in [2.24, 2.45) is 5.92 Å². The number of rotatable bonds is 4. The van der Waals surface area contributed by atoms with Gasteiger partial charge in [-0.25, -0.2) is 9.78 Å². The first-order valence-electron chi connectivity index (χ1n) is 6.71. The van der Waals surface area contributed by atoms with Gasteiger partial charge in [0.15, 0.2) is 4.96 Å². The Balaban J connectivity index is 2.37. The molecule has 2 aromatic rings. The van der Waals surface area contributed by atoms with Crippen molar-refractivity contribution in [1.29, 1.82) is 0 Å². The fraction of sp³-hybridized carbons (Fsp3) is 0.429. The summed E-state index contributed by atoms with van der Waals surface area (Å²) in [5, 5.41) is 4.33. The Labute approximate surface area is 130 Å². The number of carbonyl (C=O) groups is 2. The predicted molar refractivity (Wildman–Crippen MR) is 82.2 cm³/mol. The number of methoxy groups -OCH3 is 1. The fourth-order valence-electron chi connectivity index (χ4n) is 2.02.